The highest BCUT2D eigenvalue weighted by atomic mass is 79.9. The highest BCUT2D eigenvalue weighted by Gasteiger charge is 2.28. The number of amides is 1. The van der Waals surface area contributed by atoms with Crippen molar-refractivity contribution in [3.63, 3.8) is 0 Å². The third-order valence-electron chi connectivity index (χ3n) is 4.21. The quantitative estimate of drug-likeness (QED) is 0.730. The van der Waals surface area contributed by atoms with E-state index in [0.29, 0.717) is 16.3 Å². The van der Waals surface area contributed by atoms with Crippen molar-refractivity contribution in [3.05, 3.63) is 38.6 Å². The topological polar surface area (TPSA) is 46.3 Å². The molecule has 0 aromatic carbocycles. The van der Waals surface area contributed by atoms with E-state index in [9.17, 15) is 4.79 Å². The molecule has 2 aromatic rings. The number of rotatable bonds is 2. The van der Waals surface area contributed by atoms with Gasteiger partial charge in [-0.1, -0.05) is 20.8 Å². The number of halogens is 1. The molecule has 0 radical (unpaired) electrons. The zero-order chi connectivity index (χ0) is 16.6. The van der Waals surface area contributed by atoms with Crippen LogP contribution >= 0.6 is 27.3 Å². The third kappa shape index (κ3) is 3.69. The fourth-order valence-electron chi connectivity index (χ4n) is 2.73. The molecular formula is C17H21BrN2O2S. The Hall–Kier alpha value is -1.14. The molecule has 23 heavy (non-hydrogen) atoms. The molecule has 0 aliphatic carbocycles. The van der Waals surface area contributed by atoms with Crippen LogP contribution in [0.5, 0.6) is 0 Å². The minimum atomic E-state index is -0.0244. The molecule has 1 amide bonds. The first-order valence-electron chi connectivity index (χ1n) is 7.85. The molecule has 3 heterocycles. The summed E-state index contributed by atoms with van der Waals surface area (Å²) in [5, 5.41) is 3.38. The first-order valence-corrected chi connectivity index (χ1v) is 9.52. The summed E-state index contributed by atoms with van der Waals surface area (Å²) in [6.07, 6.45) is 1.93. The van der Waals surface area contributed by atoms with Crippen LogP contribution in [-0.4, -0.2) is 28.9 Å². The number of furan rings is 1. The van der Waals surface area contributed by atoms with Crippen LogP contribution in [0.15, 0.2) is 26.6 Å². The van der Waals surface area contributed by atoms with E-state index in [-0.39, 0.29) is 11.3 Å². The summed E-state index contributed by atoms with van der Waals surface area (Å²) in [4.78, 5) is 19.1. The van der Waals surface area contributed by atoms with Gasteiger partial charge in [0.25, 0.3) is 5.91 Å². The molecule has 3 rings (SSSR count). The van der Waals surface area contributed by atoms with Gasteiger partial charge in [-0.15, -0.1) is 11.3 Å². The van der Waals surface area contributed by atoms with Crippen LogP contribution in [0, 0.1) is 0 Å². The number of nitrogens with zero attached hydrogens (tertiary/aromatic N) is 2. The summed E-state index contributed by atoms with van der Waals surface area (Å²) >= 11 is 4.99. The number of hydrogen-bond acceptors (Lipinski definition) is 4. The summed E-state index contributed by atoms with van der Waals surface area (Å²) in [5.41, 5.74) is 1.26. The number of carbonyl (C=O) groups is 1. The Morgan fingerprint density at radius 3 is 2.57 bits per heavy atom. The highest BCUT2D eigenvalue weighted by Crippen LogP contribution is 2.33. The Morgan fingerprint density at radius 1 is 1.35 bits per heavy atom. The van der Waals surface area contributed by atoms with E-state index in [1.54, 1.807) is 23.5 Å². The Balaban J connectivity index is 1.62. The highest BCUT2D eigenvalue weighted by molar-refractivity contribution is 9.10. The monoisotopic (exact) mass is 396 g/mol. The van der Waals surface area contributed by atoms with E-state index in [1.807, 2.05) is 4.90 Å². The SMILES string of the molecule is CC(C)(C)c1csc(C2CCN(C(=O)c3ccc(Br)o3)CC2)n1. The molecule has 1 aliphatic heterocycles. The number of piperidine rings is 1. The maximum Gasteiger partial charge on any atom is 0.289 e. The lowest BCUT2D eigenvalue weighted by Gasteiger charge is -2.30. The van der Waals surface area contributed by atoms with Crippen molar-refractivity contribution in [2.75, 3.05) is 13.1 Å². The molecule has 0 N–H and O–H groups in total. The van der Waals surface area contributed by atoms with Crippen LogP contribution in [-0.2, 0) is 5.41 Å². The van der Waals surface area contributed by atoms with Gasteiger partial charge < -0.3 is 9.32 Å². The lowest BCUT2D eigenvalue weighted by Crippen LogP contribution is -2.37. The van der Waals surface area contributed by atoms with E-state index < -0.39 is 0 Å². The molecule has 0 unspecified atom stereocenters. The average molecular weight is 397 g/mol. The van der Waals surface area contributed by atoms with Crippen LogP contribution < -0.4 is 0 Å². The first-order chi connectivity index (χ1) is 10.8. The minimum Gasteiger partial charge on any atom is -0.444 e. The molecule has 1 aliphatic rings. The zero-order valence-corrected chi connectivity index (χ0v) is 16.0. The Morgan fingerprint density at radius 2 is 2.04 bits per heavy atom. The molecule has 6 heteroatoms. The van der Waals surface area contributed by atoms with Crippen LogP contribution in [0.25, 0.3) is 0 Å². The van der Waals surface area contributed by atoms with Gasteiger partial charge in [0.05, 0.1) is 10.7 Å². The molecule has 1 saturated heterocycles. The van der Waals surface area contributed by atoms with E-state index in [1.165, 1.54) is 5.01 Å². The van der Waals surface area contributed by atoms with E-state index in [2.05, 4.69) is 42.1 Å². The number of thiazole rings is 1. The molecule has 0 spiro atoms. The minimum absolute atomic E-state index is 0.0244. The number of likely N-dealkylation sites (tertiary alicyclic amines) is 1. The fourth-order valence-corrected chi connectivity index (χ4v) is 4.26. The van der Waals surface area contributed by atoms with Crippen LogP contribution in [0.3, 0.4) is 0 Å². The standard InChI is InChI=1S/C17H21BrN2O2S/c1-17(2,3)13-10-23-15(19-13)11-6-8-20(9-7-11)16(21)12-4-5-14(18)22-12/h4-5,10-11H,6-9H2,1-3H3. The van der Waals surface area contributed by atoms with Gasteiger partial charge in [-0.05, 0) is 40.9 Å². The molecule has 0 saturated carbocycles. The maximum absolute atomic E-state index is 12.4. The van der Waals surface area contributed by atoms with Gasteiger partial charge in [0.1, 0.15) is 0 Å². The van der Waals surface area contributed by atoms with E-state index in [4.69, 9.17) is 9.40 Å². The molecule has 124 valence electrons. The van der Waals surface area contributed by atoms with Crippen molar-refractivity contribution in [3.8, 4) is 0 Å². The van der Waals surface area contributed by atoms with Crippen LogP contribution in [0.2, 0.25) is 0 Å². The molecular weight excluding hydrogens is 376 g/mol. The second-order valence-corrected chi connectivity index (χ2v) is 8.66. The Bertz CT molecular complexity index is 694. The van der Waals surface area contributed by atoms with E-state index >= 15 is 0 Å². The summed E-state index contributed by atoms with van der Waals surface area (Å²) < 4.78 is 5.96. The average Bonchev–Trinajstić information content (AvgIpc) is 3.15. The summed E-state index contributed by atoms with van der Waals surface area (Å²) in [6.45, 7) is 8.08. The van der Waals surface area contributed by atoms with Gasteiger partial charge in [0.15, 0.2) is 10.4 Å². The summed E-state index contributed by atoms with van der Waals surface area (Å²) in [5.74, 6) is 0.840. The van der Waals surface area contributed by atoms with Crippen molar-refractivity contribution in [2.45, 2.75) is 44.9 Å². The smallest absolute Gasteiger partial charge is 0.289 e. The van der Waals surface area contributed by atoms with Crippen molar-refractivity contribution in [2.24, 2.45) is 0 Å². The lowest BCUT2D eigenvalue weighted by molar-refractivity contribution is 0.0679. The van der Waals surface area contributed by atoms with Crippen LogP contribution in [0.1, 0.15) is 60.8 Å². The second kappa shape index (κ2) is 6.40. The lowest BCUT2D eigenvalue weighted by atomic mass is 9.93. The Labute approximate surface area is 149 Å². The second-order valence-electron chi connectivity index (χ2n) is 6.99. The van der Waals surface area contributed by atoms with Crippen molar-refractivity contribution < 1.29 is 9.21 Å². The van der Waals surface area contributed by atoms with E-state index in [0.717, 1.165) is 31.6 Å². The number of hydrogen-bond donors (Lipinski definition) is 0. The number of carbonyl (C=O) groups excluding carboxylic acids is 1. The van der Waals surface area contributed by atoms with Gasteiger partial charge >= 0.3 is 0 Å². The van der Waals surface area contributed by atoms with Gasteiger partial charge in [0.2, 0.25) is 0 Å². The summed E-state index contributed by atoms with van der Waals surface area (Å²) in [6, 6.07) is 3.47. The number of aromatic nitrogens is 1. The molecule has 4 nitrogen and oxygen atoms in total. The van der Waals surface area contributed by atoms with Crippen molar-refractivity contribution in [1.29, 1.82) is 0 Å². The maximum atomic E-state index is 12.4. The summed E-state index contributed by atoms with van der Waals surface area (Å²) in [7, 11) is 0. The molecule has 2 aromatic heterocycles. The van der Waals surface area contributed by atoms with Crippen molar-refractivity contribution in [1.82, 2.24) is 9.88 Å². The third-order valence-corrected chi connectivity index (χ3v) is 5.64. The zero-order valence-electron chi connectivity index (χ0n) is 13.6. The normalized spacial score (nSPS) is 16.8. The van der Waals surface area contributed by atoms with Gasteiger partial charge in [0, 0.05) is 29.8 Å². The fraction of sp³-hybridized carbons (Fsp3) is 0.529. The Kier molecular flexibility index (Phi) is 4.65. The predicted molar refractivity (Wildman–Crippen MR) is 95.1 cm³/mol. The first kappa shape index (κ1) is 16.7. The largest absolute Gasteiger partial charge is 0.444 e. The van der Waals surface area contributed by atoms with Gasteiger partial charge in [-0.3, -0.25) is 4.79 Å². The predicted octanol–water partition coefficient (Wildman–Crippen LogP) is 4.82. The molecule has 0 bridgehead atoms. The van der Waals surface area contributed by atoms with Gasteiger partial charge in [-0.2, -0.15) is 0 Å². The molecule has 0 atom stereocenters. The van der Waals surface area contributed by atoms with Gasteiger partial charge in [-0.25, -0.2) is 4.98 Å². The molecule has 1 fully saturated rings. The van der Waals surface area contributed by atoms with Crippen molar-refractivity contribution >= 4 is 33.2 Å². The van der Waals surface area contributed by atoms with Crippen LogP contribution in [0.4, 0.5) is 0 Å².